The molecule has 3 amide bonds. The Bertz CT molecular complexity index is 1480. The molecule has 0 fully saturated rings. The highest BCUT2D eigenvalue weighted by Gasteiger charge is 2.33. The van der Waals surface area contributed by atoms with Gasteiger partial charge in [0.1, 0.15) is 5.75 Å². The molecule has 6 heteroatoms. The molecule has 0 aromatic heterocycles. The van der Waals surface area contributed by atoms with Crippen LogP contribution in [-0.4, -0.2) is 42.8 Å². The highest BCUT2D eigenvalue weighted by Crippen LogP contribution is 2.30. The maximum Gasteiger partial charge on any atom is 0.261 e. The molecule has 1 aliphatic heterocycles. The number of hydrogen-bond donors (Lipinski definition) is 0. The molecular weight excluding hydrogens is 476 g/mol. The topological polar surface area (TPSA) is 66.9 Å². The third-order valence-corrected chi connectivity index (χ3v) is 7.03. The highest BCUT2D eigenvalue weighted by molar-refractivity contribution is 6.25. The van der Waals surface area contributed by atoms with Gasteiger partial charge in [0.25, 0.3) is 17.7 Å². The molecule has 0 unspecified atom stereocenters. The number of methoxy groups -OCH3 is 1. The Hall–Kier alpha value is -4.45. The number of nitrogens with zero attached hydrogens (tertiary/aromatic N) is 2. The Labute approximate surface area is 222 Å². The summed E-state index contributed by atoms with van der Waals surface area (Å²) in [6.07, 6.45) is 0. The third-order valence-electron chi connectivity index (χ3n) is 7.03. The Kier molecular flexibility index (Phi) is 6.49. The van der Waals surface area contributed by atoms with E-state index in [-0.39, 0.29) is 36.2 Å². The highest BCUT2D eigenvalue weighted by atomic mass is 16.5. The smallest absolute Gasteiger partial charge is 0.261 e. The minimum absolute atomic E-state index is 0.0363. The zero-order valence-corrected chi connectivity index (χ0v) is 22.0. The van der Waals surface area contributed by atoms with Gasteiger partial charge in [-0.1, -0.05) is 57.2 Å². The lowest BCUT2D eigenvalue weighted by Crippen LogP contribution is -2.46. The first kappa shape index (κ1) is 25.2. The minimum Gasteiger partial charge on any atom is -0.497 e. The van der Waals surface area contributed by atoms with E-state index in [9.17, 15) is 14.4 Å². The van der Waals surface area contributed by atoms with Crippen LogP contribution in [-0.2, 0) is 5.41 Å². The molecule has 0 radical (unpaired) electrons. The van der Waals surface area contributed by atoms with Crippen molar-refractivity contribution in [1.29, 1.82) is 0 Å². The predicted molar refractivity (Wildman–Crippen MR) is 149 cm³/mol. The molecule has 192 valence electrons. The number of carbonyl (C=O) groups is 3. The largest absolute Gasteiger partial charge is 0.497 e. The predicted octanol–water partition coefficient (Wildman–Crippen LogP) is 6.09. The second kappa shape index (κ2) is 9.78. The van der Waals surface area contributed by atoms with Gasteiger partial charge in [-0.15, -0.1) is 0 Å². The van der Waals surface area contributed by atoms with Gasteiger partial charge in [0.15, 0.2) is 0 Å². The van der Waals surface area contributed by atoms with Crippen LogP contribution in [0.3, 0.4) is 0 Å². The second-order valence-electron chi connectivity index (χ2n) is 10.5. The van der Waals surface area contributed by atoms with Gasteiger partial charge in [0, 0.05) is 40.9 Å². The zero-order valence-electron chi connectivity index (χ0n) is 22.0. The first-order chi connectivity index (χ1) is 18.2. The molecule has 0 spiro atoms. The van der Waals surface area contributed by atoms with Crippen molar-refractivity contribution in [3.05, 3.63) is 107 Å². The van der Waals surface area contributed by atoms with Crippen LogP contribution in [0.2, 0.25) is 0 Å². The fourth-order valence-corrected chi connectivity index (χ4v) is 4.86. The monoisotopic (exact) mass is 506 g/mol. The first-order valence-electron chi connectivity index (χ1n) is 12.6. The van der Waals surface area contributed by atoms with Crippen LogP contribution in [0, 0.1) is 0 Å². The van der Waals surface area contributed by atoms with Crippen molar-refractivity contribution < 1.29 is 19.1 Å². The first-order valence-corrected chi connectivity index (χ1v) is 12.6. The van der Waals surface area contributed by atoms with Crippen molar-refractivity contribution in [2.75, 3.05) is 25.1 Å². The van der Waals surface area contributed by atoms with E-state index in [0.29, 0.717) is 33.5 Å². The fourth-order valence-electron chi connectivity index (χ4n) is 4.86. The van der Waals surface area contributed by atoms with Gasteiger partial charge in [0.05, 0.1) is 7.11 Å². The molecule has 4 aromatic carbocycles. The summed E-state index contributed by atoms with van der Waals surface area (Å²) in [5, 5.41) is 1.54. The van der Waals surface area contributed by atoms with Gasteiger partial charge >= 0.3 is 0 Å². The van der Waals surface area contributed by atoms with Crippen molar-refractivity contribution in [3.63, 3.8) is 0 Å². The van der Waals surface area contributed by atoms with E-state index in [0.717, 1.165) is 10.9 Å². The number of rotatable bonds is 6. The molecule has 6 nitrogen and oxygen atoms in total. The van der Waals surface area contributed by atoms with Crippen LogP contribution < -0.4 is 9.64 Å². The standard InChI is InChI=1S/C32H30N2O4/c1-32(2,3)23-13-11-22(12-14-23)29(35)33(24-15-17-25(38-4)18-16-24)19-20-34-30(36)26-9-5-7-21-8-6-10-27(28(21)26)31(34)37/h5-18H,19-20H2,1-4H3. The van der Waals surface area contributed by atoms with Crippen LogP contribution in [0.5, 0.6) is 5.75 Å². The molecule has 0 aliphatic carbocycles. The van der Waals surface area contributed by atoms with Crippen molar-refractivity contribution >= 4 is 34.2 Å². The van der Waals surface area contributed by atoms with Gasteiger partial charge < -0.3 is 9.64 Å². The molecule has 4 aromatic rings. The molecule has 1 aliphatic rings. The maximum absolute atomic E-state index is 13.8. The summed E-state index contributed by atoms with van der Waals surface area (Å²) in [5.41, 5.74) is 3.26. The molecule has 5 rings (SSSR count). The lowest BCUT2D eigenvalue weighted by Gasteiger charge is -2.30. The van der Waals surface area contributed by atoms with Crippen LogP contribution in [0.25, 0.3) is 10.8 Å². The third kappa shape index (κ3) is 4.54. The van der Waals surface area contributed by atoms with Gasteiger partial charge in [-0.2, -0.15) is 0 Å². The van der Waals surface area contributed by atoms with Gasteiger partial charge in [0.2, 0.25) is 0 Å². The zero-order chi connectivity index (χ0) is 27.0. The normalized spacial score (nSPS) is 13.1. The number of benzene rings is 4. The quantitative estimate of drug-likeness (QED) is 0.297. The lowest BCUT2D eigenvalue weighted by atomic mass is 9.86. The van der Waals surface area contributed by atoms with Crippen LogP contribution in [0.4, 0.5) is 5.69 Å². The molecule has 0 atom stereocenters. The Morgan fingerprint density at radius 2 is 1.39 bits per heavy atom. The van der Waals surface area contributed by atoms with E-state index in [2.05, 4.69) is 20.8 Å². The van der Waals surface area contributed by atoms with E-state index in [4.69, 9.17) is 4.74 Å². The maximum atomic E-state index is 13.8. The van der Waals surface area contributed by atoms with E-state index in [1.54, 1.807) is 48.4 Å². The van der Waals surface area contributed by atoms with E-state index >= 15 is 0 Å². The Morgan fingerprint density at radius 1 is 0.816 bits per heavy atom. The summed E-state index contributed by atoms with van der Waals surface area (Å²) in [6.45, 7) is 6.57. The SMILES string of the molecule is COc1ccc(N(CCN2C(=O)c3cccc4cccc(c34)C2=O)C(=O)c2ccc(C(C)(C)C)cc2)cc1. The van der Waals surface area contributed by atoms with Crippen molar-refractivity contribution in [2.45, 2.75) is 26.2 Å². The van der Waals surface area contributed by atoms with E-state index < -0.39 is 0 Å². The van der Waals surface area contributed by atoms with Gasteiger partial charge in [-0.25, -0.2) is 0 Å². The van der Waals surface area contributed by atoms with Gasteiger partial charge in [-0.3, -0.25) is 19.3 Å². The van der Waals surface area contributed by atoms with Crippen molar-refractivity contribution in [3.8, 4) is 5.75 Å². The summed E-state index contributed by atoms with van der Waals surface area (Å²) < 4.78 is 5.28. The fraction of sp³-hybridized carbons (Fsp3) is 0.219. The number of ether oxygens (including phenoxy) is 1. The average Bonchev–Trinajstić information content (AvgIpc) is 2.93. The van der Waals surface area contributed by atoms with Crippen LogP contribution >= 0.6 is 0 Å². The van der Waals surface area contributed by atoms with E-state index in [1.165, 1.54) is 4.90 Å². The molecule has 0 N–H and O–H groups in total. The van der Waals surface area contributed by atoms with Crippen molar-refractivity contribution in [2.24, 2.45) is 0 Å². The molecule has 38 heavy (non-hydrogen) atoms. The average molecular weight is 507 g/mol. The van der Waals surface area contributed by atoms with Crippen LogP contribution in [0.15, 0.2) is 84.9 Å². The van der Waals surface area contributed by atoms with E-state index in [1.807, 2.05) is 48.5 Å². The number of hydrogen-bond acceptors (Lipinski definition) is 4. The Morgan fingerprint density at radius 3 is 1.92 bits per heavy atom. The molecular formula is C32H30N2O4. The summed E-state index contributed by atoms with van der Waals surface area (Å²) in [4.78, 5) is 43.4. The second-order valence-corrected chi connectivity index (χ2v) is 10.5. The molecule has 0 saturated carbocycles. The molecule has 0 bridgehead atoms. The Balaban J connectivity index is 1.46. The number of imide groups is 1. The summed E-state index contributed by atoms with van der Waals surface area (Å²) in [5.74, 6) is -0.247. The van der Waals surface area contributed by atoms with Crippen molar-refractivity contribution in [1.82, 2.24) is 4.90 Å². The van der Waals surface area contributed by atoms with Gasteiger partial charge in [-0.05, 0) is 64.9 Å². The number of amides is 3. The number of anilines is 1. The summed E-state index contributed by atoms with van der Waals surface area (Å²) in [7, 11) is 1.58. The molecule has 0 saturated heterocycles. The minimum atomic E-state index is -0.351. The summed E-state index contributed by atoms with van der Waals surface area (Å²) in [6, 6.07) is 25.7. The summed E-state index contributed by atoms with van der Waals surface area (Å²) >= 11 is 0. The molecule has 1 heterocycles. The lowest BCUT2D eigenvalue weighted by molar-refractivity contribution is 0.0611. The number of carbonyl (C=O) groups excluding carboxylic acids is 3. The van der Waals surface area contributed by atoms with Crippen LogP contribution in [0.1, 0.15) is 57.4 Å².